The Balaban J connectivity index is 1.99. The normalized spacial score (nSPS) is 10.6. The molecule has 0 unspecified atom stereocenters. The number of hydrogen-bond acceptors (Lipinski definition) is 4. The van der Waals surface area contributed by atoms with E-state index in [-0.39, 0.29) is 5.75 Å². The summed E-state index contributed by atoms with van der Waals surface area (Å²) in [5.41, 5.74) is 3.74. The fourth-order valence-electron chi connectivity index (χ4n) is 2.15. The van der Waals surface area contributed by atoms with E-state index in [1.54, 1.807) is 18.2 Å². The first-order valence-electron chi connectivity index (χ1n) is 6.61. The molecule has 3 rings (SSSR count). The SMILES string of the molecule is N#Cc1ccc(-c2cc3nc(SCC(=O)O)[nH]c3cc2Cl)cc1. The Morgan fingerprint density at radius 3 is 2.74 bits per heavy atom. The predicted octanol–water partition coefficient (Wildman–Crippen LogP) is 3.93. The summed E-state index contributed by atoms with van der Waals surface area (Å²) in [6, 6.07) is 12.8. The summed E-state index contributed by atoms with van der Waals surface area (Å²) in [5.74, 6) is -0.956. The summed E-state index contributed by atoms with van der Waals surface area (Å²) < 4.78 is 0. The number of nitrogens with zero attached hydrogens (tertiary/aromatic N) is 2. The highest BCUT2D eigenvalue weighted by molar-refractivity contribution is 7.99. The van der Waals surface area contributed by atoms with Gasteiger partial charge in [0.2, 0.25) is 0 Å². The lowest BCUT2D eigenvalue weighted by atomic mass is 10.0. The number of carboxylic acid groups (broad SMARTS) is 1. The molecule has 0 radical (unpaired) electrons. The van der Waals surface area contributed by atoms with E-state index in [2.05, 4.69) is 16.0 Å². The fraction of sp³-hybridized carbons (Fsp3) is 0.0625. The lowest BCUT2D eigenvalue weighted by molar-refractivity contribution is -0.133. The molecule has 0 bridgehead atoms. The average Bonchev–Trinajstić information content (AvgIpc) is 2.94. The molecule has 5 nitrogen and oxygen atoms in total. The fourth-order valence-corrected chi connectivity index (χ4v) is 3.03. The zero-order chi connectivity index (χ0) is 16.4. The van der Waals surface area contributed by atoms with Crippen LogP contribution in [0, 0.1) is 11.3 Å². The van der Waals surface area contributed by atoms with Gasteiger partial charge < -0.3 is 10.1 Å². The van der Waals surface area contributed by atoms with Crippen molar-refractivity contribution in [3.63, 3.8) is 0 Å². The maximum Gasteiger partial charge on any atom is 0.313 e. The Hall–Kier alpha value is -2.49. The minimum absolute atomic E-state index is 0.0595. The van der Waals surface area contributed by atoms with Crippen molar-refractivity contribution in [3.8, 4) is 17.2 Å². The second-order valence-electron chi connectivity index (χ2n) is 4.76. The van der Waals surface area contributed by atoms with Crippen molar-refractivity contribution in [3.05, 3.63) is 47.0 Å². The molecule has 0 aliphatic heterocycles. The van der Waals surface area contributed by atoms with Crippen molar-refractivity contribution in [2.24, 2.45) is 0 Å². The number of halogens is 1. The maximum absolute atomic E-state index is 10.6. The van der Waals surface area contributed by atoms with Crippen LogP contribution in [0.4, 0.5) is 0 Å². The molecule has 3 aromatic rings. The number of imidazole rings is 1. The van der Waals surface area contributed by atoms with Gasteiger partial charge in [-0.3, -0.25) is 4.79 Å². The van der Waals surface area contributed by atoms with Gasteiger partial charge in [-0.2, -0.15) is 5.26 Å². The summed E-state index contributed by atoms with van der Waals surface area (Å²) in [6.07, 6.45) is 0. The molecule has 0 spiro atoms. The van der Waals surface area contributed by atoms with Gasteiger partial charge in [-0.1, -0.05) is 35.5 Å². The Labute approximate surface area is 140 Å². The third-order valence-corrected chi connectivity index (χ3v) is 4.38. The van der Waals surface area contributed by atoms with Crippen molar-refractivity contribution < 1.29 is 9.90 Å². The van der Waals surface area contributed by atoms with Gasteiger partial charge in [0.1, 0.15) is 0 Å². The van der Waals surface area contributed by atoms with E-state index in [0.29, 0.717) is 21.3 Å². The van der Waals surface area contributed by atoms with E-state index in [4.69, 9.17) is 22.0 Å². The van der Waals surface area contributed by atoms with Crippen molar-refractivity contribution in [1.29, 1.82) is 5.26 Å². The molecule has 1 aromatic heterocycles. The first-order valence-corrected chi connectivity index (χ1v) is 7.97. The number of H-pyrrole nitrogens is 1. The number of aromatic nitrogens is 2. The number of carboxylic acids is 1. The number of hydrogen-bond donors (Lipinski definition) is 2. The molecule has 0 atom stereocenters. The van der Waals surface area contributed by atoms with Gasteiger partial charge in [-0.05, 0) is 29.8 Å². The quantitative estimate of drug-likeness (QED) is 0.700. The van der Waals surface area contributed by atoms with E-state index in [1.165, 1.54) is 0 Å². The van der Waals surface area contributed by atoms with Crippen LogP contribution in [0.3, 0.4) is 0 Å². The van der Waals surface area contributed by atoms with Crippen molar-refractivity contribution in [1.82, 2.24) is 9.97 Å². The Bertz CT molecular complexity index is 929. The molecular weight excluding hydrogens is 334 g/mol. The molecule has 23 heavy (non-hydrogen) atoms. The molecule has 0 saturated heterocycles. The zero-order valence-electron chi connectivity index (χ0n) is 11.7. The first-order chi connectivity index (χ1) is 11.1. The van der Waals surface area contributed by atoms with E-state index < -0.39 is 5.97 Å². The molecule has 0 amide bonds. The molecule has 0 fully saturated rings. The van der Waals surface area contributed by atoms with Crippen LogP contribution in [-0.2, 0) is 4.79 Å². The molecule has 7 heteroatoms. The summed E-state index contributed by atoms with van der Waals surface area (Å²) in [7, 11) is 0. The Kier molecular flexibility index (Phi) is 4.24. The van der Waals surface area contributed by atoms with E-state index in [1.807, 2.05) is 18.2 Å². The zero-order valence-corrected chi connectivity index (χ0v) is 13.3. The second-order valence-corrected chi connectivity index (χ2v) is 6.13. The van der Waals surface area contributed by atoms with Crippen LogP contribution in [0.2, 0.25) is 5.02 Å². The van der Waals surface area contributed by atoms with Gasteiger partial charge in [0, 0.05) is 5.56 Å². The molecule has 2 N–H and O–H groups in total. The number of nitriles is 1. The lowest BCUT2D eigenvalue weighted by Gasteiger charge is -2.04. The number of fused-ring (bicyclic) bond motifs is 1. The van der Waals surface area contributed by atoms with Crippen LogP contribution in [0.1, 0.15) is 5.56 Å². The number of aliphatic carboxylic acids is 1. The standard InChI is InChI=1S/C16H10ClN3O2S/c17-12-6-14-13(19-16(20-14)23-8-15(21)22)5-11(12)10-3-1-9(7-18)2-4-10/h1-6H,8H2,(H,19,20)(H,21,22). The summed E-state index contributed by atoms with van der Waals surface area (Å²) >= 11 is 7.46. The molecule has 114 valence electrons. The van der Waals surface area contributed by atoms with E-state index in [0.717, 1.165) is 28.4 Å². The smallest absolute Gasteiger partial charge is 0.313 e. The van der Waals surface area contributed by atoms with Gasteiger partial charge in [-0.25, -0.2) is 4.98 Å². The van der Waals surface area contributed by atoms with Crippen LogP contribution in [0.25, 0.3) is 22.2 Å². The minimum Gasteiger partial charge on any atom is -0.481 e. The highest BCUT2D eigenvalue weighted by Gasteiger charge is 2.11. The summed E-state index contributed by atoms with van der Waals surface area (Å²) in [6.45, 7) is 0. The molecule has 0 saturated carbocycles. The van der Waals surface area contributed by atoms with Crippen LogP contribution < -0.4 is 0 Å². The maximum atomic E-state index is 10.6. The Morgan fingerprint density at radius 1 is 1.35 bits per heavy atom. The van der Waals surface area contributed by atoms with E-state index >= 15 is 0 Å². The van der Waals surface area contributed by atoms with E-state index in [9.17, 15) is 4.79 Å². The van der Waals surface area contributed by atoms with Gasteiger partial charge in [-0.15, -0.1) is 0 Å². The molecule has 2 aromatic carbocycles. The monoisotopic (exact) mass is 343 g/mol. The highest BCUT2D eigenvalue weighted by atomic mass is 35.5. The summed E-state index contributed by atoms with van der Waals surface area (Å²) in [5, 5.41) is 18.7. The number of rotatable bonds is 4. The number of aromatic amines is 1. The van der Waals surface area contributed by atoms with Crippen LogP contribution >= 0.6 is 23.4 Å². The lowest BCUT2D eigenvalue weighted by Crippen LogP contribution is -1.97. The van der Waals surface area contributed by atoms with Gasteiger partial charge in [0.25, 0.3) is 0 Å². The van der Waals surface area contributed by atoms with Gasteiger partial charge in [0.15, 0.2) is 5.16 Å². The number of nitrogens with one attached hydrogen (secondary N) is 1. The van der Waals surface area contributed by atoms with Crippen molar-refractivity contribution in [2.75, 3.05) is 5.75 Å². The molecule has 1 heterocycles. The van der Waals surface area contributed by atoms with Gasteiger partial charge >= 0.3 is 5.97 Å². The largest absolute Gasteiger partial charge is 0.481 e. The van der Waals surface area contributed by atoms with Crippen LogP contribution in [-0.4, -0.2) is 26.8 Å². The van der Waals surface area contributed by atoms with Gasteiger partial charge in [0.05, 0.1) is 33.4 Å². The topological polar surface area (TPSA) is 89.8 Å². The minimum atomic E-state index is -0.897. The third kappa shape index (κ3) is 3.31. The Morgan fingerprint density at radius 2 is 2.09 bits per heavy atom. The second kappa shape index (κ2) is 6.32. The summed E-state index contributed by atoms with van der Waals surface area (Å²) in [4.78, 5) is 18.1. The molecule has 0 aliphatic rings. The van der Waals surface area contributed by atoms with Crippen LogP contribution in [0.5, 0.6) is 0 Å². The first kappa shape index (κ1) is 15.4. The van der Waals surface area contributed by atoms with Crippen molar-refractivity contribution in [2.45, 2.75) is 5.16 Å². The number of thioether (sulfide) groups is 1. The number of benzene rings is 2. The predicted molar refractivity (Wildman–Crippen MR) is 89.6 cm³/mol. The third-order valence-electron chi connectivity index (χ3n) is 3.21. The van der Waals surface area contributed by atoms with Crippen molar-refractivity contribution >= 4 is 40.4 Å². The molecule has 0 aliphatic carbocycles. The average molecular weight is 344 g/mol. The highest BCUT2D eigenvalue weighted by Crippen LogP contribution is 2.32. The van der Waals surface area contributed by atoms with Crippen LogP contribution in [0.15, 0.2) is 41.6 Å². The molecular formula is C16H10ClN3O2S. The number of carbonyl (C=O) groups is 1.